The van der Waals surface area contributed by atoms with Crippen molar-refractivity contribution in [2.75, 3.05) is 9.80 Å². The fraction of sp³-hybridized carbons (Fsp3) is 0.0375. The van der Waals surface area contributed by atoms with Gasteiger partial charge < -0.3 is 14.0 Å². The van der Waals surface area contributed by atoms with Crippen LogP contribution in [-0.4, -0.2) is 14.1 Å². The first-order valence-electron chi connectivity index (χ1n) is 29.3. The second-order valence-corrected chi connectivity index (χ2v) is 22.8. The summed E-state index contributed by atoms with van der Waals surface area (Å²) < 4.78 is 4.80. The minimum Gasteiger partial charge on any atom is -0.311 e. The van der Waals surface area contributed by atoms with E-state index >= 15 is 0 Å². The van der Waals surface area contributed by atoms with Crippen LogP contribution in [0.1, 0.15) is 25.0 Å². The number of fused-ring (bicyclic) bond motifs is 9. The predicted molar refractivity (Wildman–Crippen MR) is 356 cm³/mol. The Bertz CT molecular complexity index is 4950. The maximum atomic E-state index is 4.95. The van der Waals surface area contributed by atoms with E-state index in [0.717, 1.165) is 51.2 Å². The number of benzene rings is 12. The standard InChI is InChI=1S/C80H57N5/c1-80(2)72-52-58(66-27-18-30-77-79(66)70-26-13-15-29-75(70)85(77)64-44-34-55(35-45-64)54-32-40-62(41-33-54)82(59-19-6-3-7-20-59)60-21-8-4-9-22-60)38-47-67(72)68-48-46-65(53-73(68)80)83(78-31-16-17-50-81-78)63-42-36-56(37-43-63)57-39-49-76-71(51-57)69-25-12-14-28-74(69)84(76)61-23-10-5-11-24-61/h3-53H,1-2H3. The largest absolute Gasteiger partial charge is 0.311 e. The average Bonchev–Trinajstić information content (AvgIpc) is 1.80. The highest BCUT2D eigenvalue weighted by atomic mass is 15.2. The zero-order valence-corrected chi connectivity index (χ0v) is 47.2. The highest BCUT2D eigenvalue weighted by Crippen LogP contribution is 2.52. The van der Waals surface area contributed by atoms with E-state index in [1.54, 1.807) is 0 Å². The molecule has 5 nitrogen and oxygen atoms in total. The Hall–Kier alpha value is -11.0. The van der Waals surface area contributed by atoms with Crippen molar-refractivity contribution < 1.29 is 0 Å². The highest BCUT2D eigenvalue weighted by molar-refractivity contribution is 6.16. The van der Waals surface area contributed by atoms with Gasteiger partial charge in [0.25, 0.3) is 0 Å². The Morgan fingerprint density at radius 1 is 0.294 bits per heavy atom. The van der Waals surface area contributed by atoms with Gasteiger partial charge in [-0.2, -0.15) is 0 Å². The lowest BCUT2D eigenvalue weighted by atomic mass is 9.81. The van der Waals surface area contributed by atoms with E-state index in [1.165, 1.54) is 93.7 Å². The van der Waals surface area contributed by atoms with Gasteiger partial charge in [-0.3, -0.25) is 4.90 Å². The van der Waals surface area contributed by atoms with E-state index in [-0.39, 0.29) is 5.41 Å². The molecule has 0 fully saturated rings. The SMILES string of the molecule is CC1(C)c2cc(-c3cccc4c3c3ccccc3n4-c3ccc(-c4ccc(N(c5ccccc5)c5ccccc5)cc4)cc3)ccc2-c2ccc(N(c3ccc(-c4ccc5c(c4)c4ccccc4n5-c4ccccc4)cc3)c3ccccn3)cc21. The van der Waals surface area contributed by atoms with Crippen LogP contribution >= 0.6 is 0 Å². The van der Waals surface area contributed by atoms with Crippen LogP contribution in [0.15, 0.2) is 310 Å². The first kappa shape index (κ1) is 49.8. The van der Waals surface area contributed by atoms with E-state index in [2.05, 4.69) is 330 Å². The molecule has 5 heteroatoms. The number of nitrogens with zero attached hydrogens (tertiary/aromatic N) is 5. The van der Waals surface area contributed by atoms with Crippen LogP contribution in [0.25, 0.3) is 99.5 Å². The normalized spacial score (nSPS) is 12.4. The molecule has 0 saturated carbocycles. The number of hydrogen-bond donors (Lipinski definition) is 0. The molecule has 85 heavy (non-hydrogen) atoms. The molecule has 3 heterocycles. The minimum atomic E-state index is -0.286. The summed E-state index contributed by atoms with van der Waals surface area (Å²) in [6.07, 6.45) is 1.88. The Kier molecular flexibility index (Phi) is 11.8. The van der Waals surface area contributed by atoms with E-state index in [0.29, 0.717) is 0 Å². The van der Waals surface area contributed by atoms with Gasteiger partial charge in [0, 0.05) is 73.0 Å². The Morgan fingerprint density at radius 3 is 1.44 bits per heavy atom. The maximum absolute atomic E-state index is 4.95. The molecule has 1 aliphatic carbocycles. The Balaban J connectivity index is 0.710. The molecule has 1 aliphatic rings. The number of anilines is 6. The van der Waals surface area contributed by atoms with Crippen molar-refractivity contribution in [3.63, 3.8) is 0 Å². The van der Waals surface area contributed by atoms with Crippen LogP contribution in [0, 0.1) is 0 Å². The number of para-hydroxylation sites is 5. The molecule has 0 aliphatic heterocycles. The van der Waals surface area contributed by atoms with Crippen molar-refractivity contribution in [2.24, 2.45) is 0 Å². The van der Waals surface area contributed by atoms with Crippen LogP contribution in [0.4, 0.5) is 34.3 Å². The van der Waals surface area contributed by atoms with E-state index in [4.69, 9.17) is 4.98 Å². The smallest absolute Gasteiger partial charge is 0.137 e. The quantitative estimate of drug-likeness (QED) is 0.129. The summed E-state index contributed by atoms with van der Waals surface area (Å²) in [6.45, 7) is 4.77. The molecule has 0 N–H and O–H groups in total. The zero-order valence-electron chi connectivity index (χ0n) is 47.2. The van der Waals surface area contributed by atoms with Gasteiger partial charge in [0.15, 0.2) is 0 Å². The minimum absolute atomic E-state index is 0.286. The van der Waals surface area contributed by atoms with Crippen molar-refractivity contribution in [3.05, 3.63) is 321 Å². The fourth-order valence-electron chi connectivity index (χ4n) is 13.5. The zero-order chi connectivity index (χ0) is 56.6. The first-order valence-corrected chi connectivity index (χ1v) is 29.3. The summed E-state index contributed by atoms with van der Waals surface area (Å²) in [5.74, 6) is 0.865. The van der Waals surface area contributed by atoms with Crippen LogP contribution in [0.2, 0.25) is 0 Å². The summed E-state index contributed by atoms with van der Waals surface area (Å²) in [6, 6.07) is 110. The molecule has 0 bridgehead atoms. The third-order valence-electron chi connectivity index (χ3n) is 17.6. The van der Waals surface area contributed by atoms with Gasteiger partial charge in [0.2, 0.25) is 0 Å². The molecule has 12 aromatic carbocycles. The van der Waals surface area contributed by atoms with Crippen molar-refractivity contribution in [1.82, 2.24) is 14.1 Å². The van der Waals surface area contributed by atoms with Crippen LogP contribution < -0.4 is 9.80 Å². The Labute approximate surface area is 494 Å². The van der Waals surface area contributed by atoms with Gasteiger partial charge in [0.1, 0.15) is 5.82 Å². The van der Waals surface area contributed by atoms with Gasteiger partial charge in [0.05, 0.1) is 22.1 Å². The molecule has 0 radical (unpaired) electrons. The lowest BCUT2D eigenvalue weighted by Gasteiger charge is -2.27. The molecule has 15 aromatic rings. The monoisotopic (exact) mass is 1090 g/mol. The second kappa shape index (κ2) is 20.2. The third-order valence-corrected chi connectivity index (χ3v) is 17.6. The topological polar surface area (TPSA) is 29.2 Å². The summed E-state index contributed by atoms with van der Waals surface area (Å²) in [7, 11) is 0. The molecule has 3 aromatic heterocycles. The van der Waals surface area contributed by atoms with Crippen molar-refractivity contribution in [1.29, 1.82) is 0 Å². The highest BCUT2D eigenvalue weighted by Gasteiger charge is 2.37. The maximum Gasteiger partial charge on any atom is 0.137 e. The molecule has 16 rings (SSSR count). The van der Waals surface area contributed by atoms with Gasteiger partial charge in [-0.25, -0.2) is 4.98 Å². The third kappa shape index (κ3) is 8.34. The van der Waals surface area contributed by atoms with Crippen molar-refractivity contribution in [3.8, 4) is 55.9 Å². The van der Waals surface area contributed by atoms with E-state index < -0.39 is 0 Å². The number of aromatic nitrogens is 3. The van der Waals surface area contributed by atoms with Crippen LogP contribution in [-0.2, 0) is 5.41 Å². The van der Waals surface area contributed by atoms with Gasteiger partial charge in [-0.1, -0.05) is 184 Å². The molecular formula is C80H57N5. The number of pyridine rings is 1. The molecule has 402 valence electrons. The van der Waals surface area contributed by atoms with Gasteiger partial charge in [-0.05, 0) is 189 Å². The van der Waals surface area contributed by atoms with E-state index in [1.807, 2.05) is 12.3 Å². The fourth-order valence-corrected chi connectivity index (χ4v) is 13.5. The molecular weight excluding hydrogens is 1030 g/mol. The summed E-state index contributed by atoms with van der Waals surface area (Å²) in [5, 5.41) is 4.97. The van der Waals surface area contributed by atoms with E-state index in [9.17, 15) is 0 Å². The summed E-state index contributed by atoms with van der Waals surface area (Å²) in [5.41, 5.74) is 24.5. The van der Waals surface area contributed by atoms with Gasteiger partial charge in [-0.15, -0.1) is 0 Å². The second-order valence-electron chi connectivity index (χ2n) is 22.8. The van der Waals surface area contributed by atoms with Crippen molar-refractivity contribution >= 4 is 77.9 Å². The molecule has 0 atom stereocenters. The van der Waals surface area contributed by atoms with Gasteiger partial charge >= 0.3 is 0 Å². The van der Waals surface area contributed by atoms with Crippen LogP contribution in [0.3, 0.4) is 0 Å². The lowest BCUT2D eigenvalue weighted by molar-refractivity contribution is 0.660. The van der Waals surface area contributed by atoms with Crippen LogP contribution in [0.5, 0.6) is 0 Å². The lowest BCUT2D eigenvalue weighted by Crippen LogP contribution is -2.17. The molecule has 0 saturated heterocycles. The summed E-state index contributed by atoms with van der Waals surface area (Å²) in [4.78, 5) is 9.54. The van der Waals surface area contributed by atoms with Crippen molar-refractivity contribution in [2.45, 2.75) is 19.3 Å². The summed E-state index contributed by atoms with van der Waals surface area (Å²) >= 11 is 0. The molecule has 0 amide bonds. The predicted octanol–water partition coefficient (Wildman–Crippen LogP) is 21.5. The number of rotatable bonds is 11. The average molecular weight is 1090 g/mol. The Morgan fingerprint density at radius 2 is 0.765 bits per heavy atom. The first-order chi connectivity index (χ1) is 41.9. The molecule has 0 spiro atoms. The molecule has 0 unspecified atom stereocenters. The number of hydrogen-bond acceptors (Lipinski definition) is 3.